The molecule has 1 unspecified atom stereocenters. The molecule has 2 aliphatic rings. The molecular weight excluding hydrogens is 300 g/mol. The Morgan fingerprint density at radius 1 is 1.09 bits per heavy atom. The quantitative estimate of drug-likeness (QED) is 0.702. The number of para-hydroxylation sites is 2. The van der Waals surface area contributed by atoms with Crippen molar-refractivity contribution in [2.75, 3.05) is 18.9 Å². The Bertz CT molecular complexity index is 698. The molecule has 1 fully saturated rings. The van der Waals surface area contributed by atoms with E-state index in [1.54, 1.807) is 0 Å². The predicted molar refractivity (Wildman–Crippen MR) is 98.9 cm³/mol. The van der Waals surface area contributed by atoms with Crippen molar-refractivity contribution in [1.82, 2.24) is 4.90 Å². The summed E-state index contributed by atoms with van der Waals surface area (Å²) in [5.41, 5.74) is 4.03. The van der Waals surface area contributed by atoms with Crippen LogP contribution in [0.1, 0.15) is 31.2 Å². The first-order chi connectivity index (χ1) is 11.3. The number of nitrogens with one attached hydrogen (secondary N) is 1. The van der Waals surface area contributed by atoms with E-state index in [9.17, 15) is 0 Å². The monoisotopic (exact) mass is 324 g/mol. The van der Waals surface area contributed by atoms with Crippen LogP contribution in [0.5, 0.6) is 0 Å². The molecule has 2 aromatic carbocycles. The lowest BCUT2D eigenvalue weighted by atomic mass is 9.96. The fraction of sp³-hybridized carbons (Fsp3) is 0.400. The zero-order valence-electron chi connectivity index (χ0n) is 13.7. The van der Waals surface area contributed by atoms with Crippen molar-refractivity contribution >= 4 is 23.1 Å². The number of likely N-dealkylation sites (tertiary alicyclic amines) is 1. The van der Waals surface area contributed by atoms with Crippen molar-refractivity contribution in [1.29, 1.82) is 0 Å². The highest BCUT2D eigenvalue weighted by atomic mass is 32.2. The number of anilines is 2. The lowest BCUT2D eigenvalue weighted by molar-refractivity contribution is 0.176. The average Bonchev–Trinajstić information content (AvgIpc) is 2.59. The highest BCUT2D eigenvalue weighted by Gasteiger charge is 2.21. The number of hydrogen-bond acceptors (Lipinski definition) is 3. The van der Waals surface area contributed by atoms with E-state index >= 15 is 0 Å². The molecular formula is C20H24N2S. The van der Waals surface area contributed by atoms with Crippen LogP contribution in [-0.4, -0.2) is 24.5 Å². The topological polar surface area (TPSA) is 15.3 Å². The van der Waals surface area contributed by atoms with Crippen molar-refractivity contribution in [3.05, 3.63) is 48.0 Å². The highest BCUT2D eigenvalue weighted by molar-refractivity contribution is 7.99. The number of fused-ring (bicyclic) bond motifs is 2. The molecule has 3 heteroatoms. The van der Waals surface area contributed by atoms with E-state index in [-0.39, 0.29) is 0 Å². The van der Waals surface area contributed by atoms with Crippen LogP contribution in [0.25, 0.3) is 0 Å². The molecule has 0 saturated carbocycles. The molecule has 0 amide bonds. The molecule has 2 heterocycles. The van der Waals surface area contributed by atoms with Crippen LogP contribution in [0.15, 0.2) is 52.3 Å². The predicted octanol–water partition coefficient (Wildman–Crippen LogP) is 5.31. The fourth-order valence-electron chi connectivity index (χ4n) is 3.75. The van der Waals surface area contributed by atoms with Crippen molar-refractivity contribution in [2.45, 2.75) is 47.9 Å². The first-order valence-electron chi connectivity index (χ1n) is 8.67. The summed E-state index contributed by atoms with van der Waals surface area (Å²) < 4.78 is 0. The Morgan fingerprint density at radius 2 is 1.96 bits per heavy atom. The van der Waals surface area contributed by atoms with E-state index in [2.05, 4.69) is 59.7 Å². The van der Waals surface area contributed by atoms with Gasteiger partial charge in [-0.3, -0.25) is 0 Å². The van der Waals surface area contributed by atoms with Gasteiger partial charge in [-0.1, -0.05) is 42.4 Å². The lowest BCUT2D eigenvalue weighted by Gasteiger charge is -2.33. The van der Waals surface area contributed by atoms with Crippen molar-refractivity contribution in [3.63, 3.8) is 0 Å². The zero-order valence-corrected chi connectivity index (χ0v) is 14.5. The van der Waals surface area contributed by atoms with Gasteiger partial charge in [-0.25, -0.2) is 0 Å². The maximum atomic E-state index is 3.67. The Kier molecular flexibility index (Phi) is 4.32. The smallest absolute Gasteiger partial charge is 0.0558 e. The molecule has 1 N–H and O–H groups in total. The lowest BCUT2D eigenvalue weighted by Crippen LogP contribution is -2.36. The van der Waals surface area contributed by atoms with Gasteiger partial charge in [0.05, 0.1) is 11.4 Å². The van der Waals surface area contributed by atoms with Gasteiger partial charge < -0.3 is 10.2 Å². The Hall–Kier alpha value is -1.45. The number of aryl methyl sites for hydroxylation is 1. The van der Waals surface area contributed by atoms with Crippen LogP contribution < -0.4 is 5.32 Å². The number of nitrogens with zero attached hydrogens (tertiary/aromatic N) is 1. The number of rotatable bonds is 3. The summed E-state index contributed by atoms with van der Waals surface area (Å²) in [6, 6.07) is 16.1. The summed E-state index contributed by atoms with van der Waals surface area (Å²) in [5, 5.41) is 3.67. The van der Waals surface area contributed by atoms with Crippen molar-refractivity contribution in [3.8, 4) is 0 Å². The third-order valence-electron chi connectivity index (χ3n) is 5.15. The van der Waals surface area contributed by atoms with Gasteiger partial charge in [-0.05, 0) is 63.0 Å². The van der Waals surface area contributed by atoms with Gasteiger partial charge in [0, 0.05) is 15.8 Å². The molecule has 4 rings (SSSR count). The first-order valence-corrected chi connectivity index (χ1v) is 9.49. The minimum absolute atomic E-state index is 0.753. The molecule has 0 radical (unpaired) electrons. The maximum absolute atomic E-state index is 3.67. The standard InChI is InChI=1S/C20H24N2S/c1-22-14-5-4-8-16(22)13-12-15-7-6-11-19-20(15)21-17-9-2-3-10-18(17)23-19/h2-3,6-7,9-11,16,21H,4-5,8,12-14H2,1H3. The van der Waals surface area contributed by atoms with Gasteiger partial charge in [0.25, 0.3) is 0 Å². The molecule has 2 aromatic rings. The molecule has 1 atom stereocenters. The van der Waals surface area contributed by atoms with E-state index in [1.165, 1.54) is 59.0 Å². The zero-order chi connectivity index (χ0) is 15.6. The number of hydrogen-bond donors (Lipinski definition) is 1. The summed E-state index contributed by atoms with van der Waals surface area (Å²) >= 11 is 1.89. The Morgan fingerprint density at radius 3 is 2.87 bits per heavy atom. The summed E-state index contributed by atoms with van der Waals surface area (Å²) in [6.45, 7) is 1.26. The summed E-state index contributed by atoms with van der Waals surface area (Å²) in [4.78, 5) is 5.23. The second kappa shape index (κ2) is 6.58. The minimum atomic E-state index is 0.753. The van der Waals surface area contributed by atoms with Gasteiger partial charge in [0.1, 0.15) is 0 Å². The van der Waals surface area contributed by atoms with Gasteiger partial charge in [0.15, 0.2) is 0 Å². The summed E-state index contributed by atoms with van der Waals surface area (Å²) in [6.07, 6.45) is 6.54. The highest BCUT2D eigenvalue weighted by Crippen LogP contribution is 2.45. The molecule has 0 aromatic heterocycles. The van der Waals surface area contributed by atoms with E-state index < -0.39 is 0 Å². The summed E-state index contributed by atoms with van der Waals surface area (Å²) in [5.74, 6) is 0. The van der Waals surface area contributed by atoms with Gasteiger partial charge in [-0.2, -0.15) is 0 Å². The number of benzene rings is 2. The molecule has 23 heavy (non-hydrogen) atoms. The van der Waals surface area contributed by atoms with Crippen LogP contribution in [0, 0.1) is 0 Å². The maximum Gasteiger partial charge on any atom is 0.0558 e. The SMILES string of the molecule is CN1CCCCC1CCc1cccc2c1Nc1ccccc1S2. The van der Waals surface area contributed by atoms with E-state index in [1.807, 2.05) is 11.8 Å². The normalized spacial score (nSPS) is 20.5. The van der Waals surface area contributed by atoms with Crippen LogP contribution >= 0.6 is 11.8 Å². The minimum Gasteiger partial charge on any atom is -0.353 e. The van der Waals surface area contributed by atoms with E-state index in [4.69, 9.17) is 0 Å². The first kappa shape index (κ1) is 15.1. The van der Waals surface area contributed by atoms with Crippen molar-refractivity contribution < 1.29 is 0 Å². The molecule has 120 valence electrons. The van der Waals surface area contributed by atoms with Gasteiger partial charge >= 0.3 is 0 Å². The van der Waals surface area contributed by atoms with Gasteiger partial charge in [0.2, 0.25) is 0 Å². The van der Waals surface area contributed by atoms with Crippen LogP contribution in [0.3, 0.4) is 0 Å². The average molecular weight is 324 g/mol. The van der Waals surface area contributed by atoms with E-state index in [0.717, 1.165) is 12.5 Å². The van der Waals surface area contributed by atoms with Crippen LogP contribution in [0.4, 0.5) is 11.4 Å². The molecule has 0 bridgehead atoms. The second-order valence-electron chi connectivity index (χ2n) is 6.68. The number of piperidine rings is 1. The molecule has 0 aliphatic carbocycles. The largest absolute Gasteiger partial charge is 0.353 e. The van der Waals surface area contributed by atoms with Gasteiger partial charge in [-0.15, -0.1) is 0 Å². The van der Waals surface area contributed by atoms with Crippen LogP contribution in [0.2, 0.25) is 0 Å². The third-order valence-corrected chi connectivity index (χ3v) is 6.28. The summed E-state index contributed by atoms with van der Waals surface area (Å²) in [7, 11) is 2.29. The fourth-order valence-corrected chi connectivity index (χ4v) is 4.80. The molecule has 2 aliphatic heterocycles. The van der Waals surface area contributed by atoms with Crippen LogP contribution in [-0.2, 0) is 6.42 Å². The van der Waals surface area contributed by atoms with Crippen molar-refractivity contribution in [2.24, 2.45) is 0 Å². The van der Waals surface area contributed by atoms with E-state index in [0.29, 0.717) is 0 Å². The Balaban J connectivity index is 1.53. The molecule has 0 spiro atoms. The molecule has 1 saturated heterocycles. The Labute approximate surface area is 143 Å². The third kappa shape index (κ3) is 3.13. The molecule has 2 nitrogen and oxygen atoms in total. The second-order valence-corrected chi connectivity index (χ2v) is 7.77.